The Morgan fingerprint density at radius 2 is 1.87 bits per heavy atom. The van der Waals surface area contributed by atoms with Crippen molar-refractivity contribution in [2.45, 2.75) is 6.92 Å². The number of anilines is 3. The fourth-order valence-corrected chi connectivity index (χ4v) is 4.99. The number of morpholine rings is 1. The van der Waals surface area contributed by atoms with E-state index in [9.17, 15) is 0 Å². The molecule has 0 radical (unpaired) electrons. The van der Waals surface area contributed by atoms with Gasteiger partial charge in [-0.1, -0.05) is 18.2 Å². The first kappa shape index (κ1) is 24.8. The summed E-state index contributed by atoms with van der Waals surface area (Å²) in [6.45, 7) is 4.91. The van der Waals surface area contributed by atoms with E-state index in [2.05, 4.69) is 38.4 Å². The van der Waals surface area contributed by atoms with Gasteiger partial charge in [-0.15, -0.1) is 0 Å². The summed E-state index contributed by atoms with van der Waals surface area (Å²) in [6, 6.07) is 18.9. The number of halogens is 1. The molecule has 196 valence electrons. The minimum atomic E-state index is -0.341. The Morgan fingerprint density at radius 3 is 2.67 bits per heavy atom. The molecule has 0 bridgehead atoms. The maximum absolute atomic E-state index is 15.4. The number of pyridine rings is 3. The number of benzene rings is 2. The lowest BCUT2D eigenvalue weighted by atomic mass is 10.0. The van der Waals surface area contributed by atoms with Gasteiger partial charge in [-0.2, -0.15) is 0 Å². The number of fused-ring (bicyclic) bond motifs is 1. The molecule has 0 atom stereocenters. The van der Waals surface area contributed by atoms with Crippen LogP contribution in [0.2, 0.25) is 0 Å². The first-order valence-corrected chi connectivity index (χ1v) is 12.9. The second kappa shape index (κ2) is 10.7. The minimum Gasteiger partial charge on any atom is -0.495 e. The van der Waals surface area contributed by atoms with E-state index < -0.39 is 0 Å². The molecule has 1 N–H and O–H groups in total. The molecule has 4 heterocycles. The molecule has 3 aromatic heterocycles. The van der Waals surface area contributed by atoms with Crippen LogP contribution in [0, 0.1) is 12.7 Å². The Bertz CT molecular complexity index is 1640. The number of methoxy groups -OCH3 is 1. The first-order chi connectivity index (χ1) is 19.1. The highest BCUT2D eigenvalue weighted by Crippen LogP contribution is 2.40. The predicted molar refractivity (Wildman–Crippen MR) is 152 cm³/mol. The highest BCUT2D eigenvalue weighted by molar-refractivity contribution is 5.99. The van der Waals surface area contributed by atoms with Crippen LogP contribution >= 0.6 is 0 Å². The lowest BCUT2D eigenvalue weighted by Gasteiger charge is -2.30. The van der Waals surface area contributed by atoms with Crippen molar-refractivity contribution in [2.75, 3.05) is 43.6 Å². The molecule has 0 aliphatic carbocycles. The summed E-state index contributed by atoms with van der Waals surface area (Å²) in [4.78, 5) is 16.0. The Labute approximate surface area is 226 Å². The van der Waals surface area contributed by atoms with E-state index in [1.54, 1.807) is 31.8 Å². The van der Waals surface area contributed by atoms with Gasteiger partial charge in [0.15, 0.2) is 0 Å². The fraction of sp³-hybridized carbons (Fsp3) is 0.194. The Kier molecular flexibility index (Phi) is 6.77. The zero-order valence-corrected chi connectivity index (χ0v) is 21.8. The second-order valence-electron chi connectivity index (χ2n) is 9.38. The molecule has 1 fully saturated rings. The molecular weight excluding hydrogens is 493 g/mol. The summed E-state index contributed by atoms with van der Waals surface area (Å²) in [5.41, 5.74) is 7.10. The molecule has 6 rings (SSSR count). The average Bonchev–Trinajstić information content (AvgIpc) is 2.99. The number of rotatable bonds is 6. The Hall–Kier alpha value is -4.56. The van der Waals surface area contributed by atoms with E-state index in [1.807, 2.05) is 37.3 Å². The number of ether oxygens (including phenoxy) is 2. The minimum absolute atomic E-state index is 0.341. The van der Waals surface area contributed by atoms with Gasteiger partial charge >= 0.3 is 0 Å². The summed E-state index contributed by atoms with van der Waals surface area (Å²) >= 11 is 0. The van der Waals surface area contributed by atoms with Crippen molar-refractivity contribution in [2.24, 2.45) is 0 Å². The van der Waals surface area contributed by atoms with Crippen LogP contribution in [-0.2, 0) is 4.74 Å². The molecule has 8 heteroatoms. The van der Waals surface area contributed by atoms with Crippen molar-refractivity contribution in [1.82, 2.24) is 15.0 Å². The molecule has 0 spiro atoms. The van der Waals surface area contributed by atoms with Crippen LogP contribution in [0.25, 0.3) is 33.4 Å². The Morgan fingerprint density at radius 1 is 1.00 bits per heavy atom. The summed E-state index contributed by atoms with van der Waals surface area (Å²) in [6.07, 6.45) is 5.21. The topological polar surface area (TPSA) is 72.4 Å². The molecular formula is C31H28FN5O2. The number of hydrogen-bond acceptors (Lipinski definition) is 7. The number of nitrogens with one attached hydrogen (secondary N) is 1. The fourth-order valence-electron chi connectivity index (χ4n) is 4.99. The summed E-state index contributed by atoms with van der Waals surface area (Å²) < 4.78 is 26.4. The molecule has 1 aliphatic heterocycles. The van der Waals surface area contributed by atoms with Crippen molar-refractivity contribution in [3.05, 3.63) is 90.6 Å². The molecule has 0 saturated carbocycles. The van der Waals surface area contributed by atoms with Gasteiger partial charge < -0.3 is 19.7 Å². The molecule has 0 amide bonds. The van der Waals surface area contributed by atoms with Crippen LogP contribution in [0.3, 0.4) is 0 Å². The molecule has 5 aromatic rings. The van der Waals surface area contributed by atoms with E-state index in [-0.39, 0.29) is 5.82 Å². The van der Waals surface area contributed by atoms with Crippen molar-refractivity contribution in [3.8, 4) is 28.3 Å². The number of aromatic nitrogens is 3. The third-order valence-corrected chi connectivity index (χ3v) is 7.01. The zero-order chi connectivity index (χ0) is 26.8. The van der Waals surface area contributed by atoms with Gasteiger partial charge in [0.05, 0.1) is 54.5 Å². The van der Waals surface area contributed by atoms with Gasteiger partial charge in [-0.05, 0) is 49.4 Å². The molecule has 2 aromatic carbocycles. The molecule has 1 saturated heterocycles. The lowest BCUT2D eigenvalue weighted by molar-refractivity contribution is 0.122. The number of hydrogen-bond donors (Lipinski definition) is 1. The first-order valence-electron chi connectivity index (χ1n) is 12.9. The van der Waals surface area contributed by atoms with Gasteiger partial charge in [0.2, 0.25) is 0 Å². The van der Waals surface area contributed by atoms with Gasteiger partial charge in [-0.3, -0.25) is 9.97 Å². The quantitative estimate of drug-likeness (QED) is 0.277. The largest absolute Gasteiger partial charge is 0.495 e. The third-order valence-electron chi connectivity index (χ3n) is 7.01. The zero-order valence-electron chi connectivity index (χ0n) is 21.8. The second-order valence-corrected chi connectivity index (χ2v) is 9.38. The smallest absolute Gasteiger partial charge is 0.137 e. The molecule has 0 unspecified atom stereocenters. The third kappa shape index (κ3) is 4.86. The van der Waals surface area contributed by atoms with Gasteiger partial charge in [0, 0.05) is 53.5 Å². The molecule has 7 nitrogen and oxygen atoms in total. The van der Waals surface area contributed by atoms with Crippen molar-refractivity contribution in [3.63, 3.8) is 0 Å². The van der Waals surface area contributed by atoms with Crippen LogP contribution < -0.4 is 15.0 Å². The number of nitrogens with zero attached hydrogens (tertiary/aromatic N) is 4. The predicted octanol–water partition coefficient (Wildman–Crippen LogP) is 6.40. The monoisotopic (exact) mass is 521 g/mol. The maximum atomic E-state index is 15.4. The van der Waals surface area contributed by atoms with Gasteiger partial charge in [-0.25, -0.2) is 9.37 Å². The highest BCUT2D eigenvalue weighted by Gasteiger charge is 2.20. The van der Waals surface area contributed by atoms with E-state index >= 15 is 4.39 Å². The molecule has 1 aliphatic rings. The van der Waals surface area contributed by atoms with Crippen LogP contribution in [0.1, 0.15) is 5.56 Å². The van der Waals surface area contributed by atoms with Gasteiger partial charge in [0.25, 0.3) is 0 Å². The highest BCUT2D eigenvalue weighted by atomic mass is 19.1. The van der Waals surface area contributed by atoms with E-state index in [0.29, 0.717) is 41.2 Å². The Balaban J connectivity index is 1.55. The van der Waals surface area contributed by atoms with Crippen molar-refractivity contribution in [1.29, 1.82) is 0 Å². The normalized spacial score (nSPS) is 13.5. The average molecular weight is 522 g/mol. The van der Waals surface area contributed by atoms with Crippen LogP contribution in [-0.4, -0.2) is 48.4 Å². The van der Waals surface area contributed by atoms with E-state index in [1.165, 1.54) is 6.07 Å². The molecule has 39 heavy (non-hydrogen) atoms. The van der Waals surface area contributed by atoms with E-state index in [0.717, 1.165) is 46.8 Å². The summed E-state index contributed by atoms with van der Waals surface area (Å²) in [5.74, 6) is 0.317. The summed E-state index contributed by atoms with van der Waals surface area (Å²) in [5, 5.41) is 4.05. The van der Waals surface area contributed by atoms with Crippen LogP contribution in [0.4, 0.5) is 21.5 Å². The van der Waals surface area contributed by atoms with Crippen molar-refractivity contribution < 1.29 is 13.9 Å². The van der Waals surface area contributed by atoms with Crippen molar-refractivity contribution >= 4 is 28.0 Å². The summed E-state index contributed by atoms with van der Waals surface area (Å²) in [7, 11) is 1.62. The lowest BCUT2D eigenvalue weighted by Crippen LogP contribution is -2.36. The van der Waals surface area contributed by atoms with E-state index in [4.69, 9.17) is 14.5 Å². The van der Waals surface area contributed by atoms with Crippen LogP contribution in [0.5, 0.6) is 5.75 Å². The maximum Gasteiger partial charge on any atom is 0.137 e. The SMILES string of the molecule is COc1cncc(-c2ccc(N3CCOCC3)cc2Nc2c(C)c(-c3ccccn3)nc3cccc(F)c23)c1. The standard InChI is InChI=1S/C31H28FN5O2/c1-20-30(27-7-3-4-11-34-27)35-26-8-5-6-25(32)29(26)31(20)36-28-17-22(37-12-14-39-15-13-37)9-10-24(28)21-16-23(38-2)19-33-18-21/h3-11,16-19H,12-15H2,1-2H3,(H,35,36). The van der Waals surface area contributed by atoms with Gasteiger partial charge in [0.1, 0.15) is 11.6 Å². The van der Waals surface area contributed by atoms with Crippen LogP contribution in [0.15, 0.2) is 79.3 Å².